The number of ether oxygens (including phenoxy) is 4. The van der Waals surface area contributed by atoms with Gasteiger partial charge in [-0.05, 0) is 78.2 Å². The Morgan fingerprint density at radius 2 is 1.50 bits per heavy atom. The Labute approximate surface area is 221 Å². The molecule has 3 aromatic carbocycles. The van der Waals surface area contributed by atoms with Crippen molar-refractivity contribution in [2.75, 3.05) is 46.2 Å². The van der Waals surface area contributed by atoms with Crippen molar-refractivity contribution in [3.63, 3.8) is 0 Å². The van der Waals surface area contributed by atoms with Crippen LogP contribution in [0.3, 0.4) is 0 Å². The van der Waals surface area contributed by atoms with Gasteiger partial charge in [-0.1, -0.05) is 12.1 Å². The van der Waals surface area contributed by atoms with E-state index in [1.165, 1.54) is 12.1 Å². The van der Waals surface area contributed by atoms with Gasteiger partial charge in [0.1, 0.15) is 36.8 Å². The van der Waals surface area contributed by atoms with Crippen molar-refractivity contribution >= 4 is 17.2 Å². The lowest BCUT2D eigenvalue weighted by molar-refractivity contribution is -0.112. The quantitative estimate of drug-likeness (QED) is 0.172. The van der Waals surface area contributed by atoms with Crippen LogP contribution in [0.15, 0.2) is 66.7 Å². The van der Waals surface area contributed by atoms with Crippen LogP contribution in [0.1, 0.15) is 11.1 Å². The summed E-state index contributed by atoms with van der Waals surface area (Å²) in [6, 6.07) is 19.7. The first-order valence-corrected chi connectivity index (χ1v) is 12.5. The number of benzene rings is 3. The van der Waals surface area contributed by atoms with Gasteiger partial charge >= 0.3 is 0 Å². The van der Waals surface area contributed by atoms with Crippen molar-refractivity contribution in [1.29, 1.82) is 0 Å². The van der Waals surface area contributed by atoms with Crippen LogP contribution in [0, 0.1) is 12.7 Å². The lowest BCUT2D eigenvalue weighted by Crippen LogP contribution is -2.13. The molecule has 0 amide bonds. The molecule has 1 heterocycles. The molecule has 0 saturated carbocycles. The molecule has 0 fully saturated rings. The number of aromatic nitrogens is 1. The molecular formula is C30H32FNO6. The van der Waals surface area contributed by atoms with E-state index in [4.69, 9.17) is 18.9 Å². The summed E-state index contributed by atoms with van der Waals surface area (Å²) in [5.74, 6) is 0.679. The summed E-state index contributed by atoms with van der Waals surface area (Å²) in [6.45, 7) is 5.28. The maximum Gasteiger partial charge on any atom is 0.145 e. The molecule has 4 aromatic rings. The van der Waals surface area contributed by atoms with Crippen LogP contribution in [0.4, 0.5) is 4.39 Å². The normalized spacial score (nSPS) is 11.2. The zero-order valence-electron chi connectivity index (χ0n) is 21.4. The summed E-state index contributed by atoms with van der Waals surface area (Å²) < 4.78 is 37.4. The molecule has 0 radical (unpaired) electrons. The molecule has 4 rings (SSSR count). The maximum atomic E-state index is 13.6. The van der Waals surface area contributed by atoms with E-state index in [0.29, 0.717) is 52.5 Å². The second-order valence-electron chi connectivity index (χ2n) is 8.73. The topological polar surface area (TPSA) is 79.2 Å². The molecule has 0 spiro atoms. The van der Waals surface area contributed by atoms with Crippen LogP contribution in [0.2, 0.25) is 0 Å². The standard InChI is InChI=1S/C30H32FNO6/c1-22-28-20-26(34)8-11-29(28)32(30(22)24-4-6-25(31)7-5-24)21-23-2-9-27(10-3-23)38-19-18-37-17-16-36-15-14-35-13-12-33/h2-12,20,34H,13-19,21H2,1H3. The fraction of sp³-hybridized carbons (Fsp3) is 0.300. The Balaban J connectivity index is 1.34. The molecule has 200 valence electrons. The highest BCUT2D eigenvalue weighted by atomic mass is 19.1. The number of halogens is 1. The number of hydrogen-bond donors (Lipinski definition) is 1. The van der Waals surface area contributed by atoms with Gasteiger partial charge in [-0.25, -0.2) is 4.39 Å². The minimum absolute atomic E-state index is 0.0868. The Hall–Kier alpha value is -3.72. The number of aromatic hydroxyl groups is 1. The molecule has 0 aliphatic carbocycles. The van der Waals surface area contributed by atoms with Gasteiger partial charge in [0.25, 0.3) is 0 Å². The Morgan fingerprint density at radius 3 is 2.18 bits per heavy atom. The van der Waals surface area contributed by atoms with E-state index in [1.807, 2.05) is 37.3 Å². The average molecular weight is 522 g/mol. The summed E-state index contributed by atoms with van der Waals surface area (Å²) >= 11 is 0. The van der Waals surface area contributed by atoms with Gasteiger partial charge < -0.3 is 33.4 Å². The molecule has 8 heteroatoms. The first-order chi connectivity index (χ1) is 18.6. The lowest BCUT2D eigenvalue weighted by atomic mass is 10.1. The predicted molar refractivity (Wildman–Crippen MR) is 143 cm³/mol. The summed E-state index contributed by atoms with van der Waals surface area (Å²) in [4.78, 5) is 10.1. The molecule has 1 aromatic heterocycles. The van der Waals surface area contributed by atoms with E-state index >= 15 is 0 Å². The van der Waals surface area contributed by atoms with Crippen molar-refractivity contribution in [1.82, 2.24) is 4.57 Å². The van der Waals surface area contributed by atoms with Crippen LogP contribution >= 0.6 is 0 Å². The Kier molecular flexibility index (Phi) is 9.86. The molecule has 0 aliphatic rings. The minimum atomic E-state index is -0.279. The van der Waals surface area contributed by atoms with Crippen molar-refractivity contribution < 1.29 is 33.2 Å². The van der Waals surface area contributed by atoms with Crippen LogP contribution in [-0.2, 0) is 25.5 Å². The third-order valence-corrected chi connectivity index (χ3v) is 6.11. The molecule has 0 aliphatic heterocycles. The zero-order valence-corrected chi connectivity index (χ0v) is 21.4. The Morgan fingerprint density at radius 1 is 0.842 bits per heavy atom. The summed E-state index contributed by atoms with van der Waals surface area (Å²) in [7, 11) is 0. The van der Waals surface area contributed by atoms with Crippen molar-refractivity contribution in [2.45, 2.75) is 13.5 Å². The number of phenols is 1. The van der Waals surface area contributed by atoms with E-state index in [-0.39, 0.29) is 18.2 Å². The van der Waals surface area contributed by atoms with Gasteiger partial charge in [0.05, 0.1) is 38.7 Å². The third kappa shape index (κ3) is 7.19. The molecule has 1 N–H and O–H groups in total. The number of carbonyl (C=O) groups is 1. The number of carbonyl (C=O) groups excluding carboxylic acids is 1. The fourth-order valence-electron chi connectivity index (χ4n) is 4.32. The van der Waals surface area contributed by atoms with E-state index < -0.39 is 0 Å². The van der Waals surface area contributed by atoms with Crippen LogP contribution in [0.25, 0.3) is 22.2 Å². The number of aldehydes is 1. The Bertz CT molecular complexity index is 1320. The summed E-state index contributed by atoms with van der Waals surface area (Å²) in [6.07, 6.45) is 0.709. The maximum absolute atomic E-state index is 13.6. The highest BCUT2D eigenvalue weighted by molar-refractivity contribution is 5.92. The lowest BCUT2D eigenvalue weighted by Gasteiger charge is -2.13. The second-order valence-corrected chi connectivity index (χ2v) is 8.73. The summed E-state index contributed by atoms with van der Waals surface area (Å²) in [5, 5.41) is 11.0. The van der Waals surface area contributed by atoms with Gasteiger partial charge in [0, 0.05) is 17.4 Å². The van der Waals surface area contributed by atoms with Crippen LogP contribution in [-0.4, -0.2) is 62.2 Å². The molecule has 38 heavy (non-hydrogen) atoms. The number of nitrogens with zero attached hydrogens (tertiary/aromatic N) is 1. The minimum Gasteiger partial charge on any atom is -0.508 e. The van der Waals surface area contributed by atoms with Gasteiger partial charge in [-0.2, -0.15) is 0 Å². The number of aryl methyl sites for hydroxylation is 1. The highest BCUT2D eigenvalue weighted by Gasteiger charge is 2.17. The third-order valence-electron chi connectivity index (χ3n) is 6.11. The second kappa shape index (κ2) is 13.7. The zero-order chi connectivity index (χ0) is 26.7. The average Bonchev–Trinajstić information content (AvgIpc) is 3.19. The van der Waals surface area contributed by atoms with E-state index in [1.54, 1.807) is 24.3 Å². The van der Waals surface area contributed by atoms with E-state index in [2.05, 4.69) is 4.57 Å². The van der Waals surface area contributed by atoms with Crippen molar-refractivity contribution in [3.05, 3.63) is 83.7 Å². The SMILES string of the molecule is Cc1c(-c2ccc(F)cc2)n(Cc2ccc(OCCOCCOCCOCC=O)cc2)c2ccc(O)cc12. The molecule has 0 saturated heterocycles. The smallest absolute Gasteiger partial charge is 0.145 e. The van der Waals surface area contributed by atoms with Gasteiger partial charge in [-0.3, -0.25) is 0 Å². The van der Waals surface area contributed by atoms with Gasteiger partial charge in [0.2, 0.25) is 0 Å². The first kappa shape index (κ1) is 27.3. The molecule has 0 unspecified atom stereocenters. The largest absolute Gasteiger partial charge is 0.508 e. The number of hydrogen-bond acceptors (Lipinski definition) is 6. The van der Waals surface area contributed by atoms with Crippen LogP contribution in [0.5, 0.6) is 11.5 Å². The van der Waals surface area contributed by atoms with E-state index in [9.17, 15) is 14.3 Å². The fourth-order valence-corrected chi connectivity index (χ4v) is 4.32. The molecule has 7 nitrogen and oxygen atoms in total. The van der Waals surface area contributed by atoms with Crippen molar-refractivity contribution in [3.8, 4) is 22.8 Å². The van der Waals surface area contributed by atoms with E-state index in [0.717, 1.165) is 39.0 Å². The van der Waals surface area contributed by atoms with Gasteiger partial charge in [0.15, 0.2) is 0 Å². The number of phenolic OH excluding ortho intramolecular Hbond substituents is 1. The first-order valence-electron chi connectivity index (χ1n) is 12.5. The molecular weight excluding hydrogens is 489 g/mol. The predicted octanol–water partition coefficient (Wildman–Crippen LogP) is 5.14. The van der Waals surface area contributed by atoms with Crippen molar-refractivity contribution in [2.24, 2.45) is 0 Å². The highest BCUT2D eigenvalue weighted by Crippen LogP contribution is 2.35. The molecule has 0 atom stereocenters. The van der Waals surface area contributed by atoms with Crippen LogP contribution < -0.4 is 4.74 Å². The number of fused-ring (bicyclic) bond motifs is 1. The summed E-state index contributed by atoms with van der Waals surface area (Å²) in [5.41, 5.74) is 5.00. The monoisotopic (exact) mass is 521 g/mol. The number of rotatable bonds is 15. The molecule has 0 bridgehead atoms. The van der Waals surface area contributed by atoms with Gasteiger partial charge in [-0.15, -0.1) is 0 Å².